The molecule has 5 nitrogen and oxygen atoms in total. The number of aliphatic hydroxyl groups is 1. The third-order valence-electron chi connectivity index (χ3n) is 5.15. The van der Waals surface area contributed by atoms with Gasteiger partial charge in [0.25, 0.3) is 0 Å². The number of ether oxygens (including phenoxy) is 1. The van der Waals surface area contributed by atoms with Crippen molar-refractivity contribution in [3.8, 4) is 5.75 Å². The van der Waals surface area contributed by atoms with Crippen LogP contribution >= 0.6 is 0 Å². The number of carbonyl (C=O) groups excluding carboxylic acids is 1. The van der Waals surface area contributed by atoms with Gasteiger partial charge in [0.15, 0.2) is 0 Å². The van der Waals surface area contributed by atoms with E-state index in [4.69, 9.17) is 4.74 Å². The second kappa shape index (κ2) is 6.48. The summed E-state index contributed by atoms with van der Waals surface area (Å²) in [6.07, 6.45) is 5.60. The Morgan fingerprint density at radius 2 is 2.20 bits per heavy atom. The van der Waals surface area contributed by atoms with Crippen molar-refractivity contribution in [3.63, 3.8) is 0 Å². The van der Waals surface area contributed by atoms with Gasteiger partial charge in [0.2, 0.25) is 5.91 Å². The molecule has 1 aromatic heterocycles. The number of piperidine rings is 1. The summed E-state index contributed by atoms with van der Waals surface area (Å²) < 4.78 is 5.79. The molecule has 130 valence electrons. The van der Waals surface area contributed by atoms with Crippen LogP contribution in [0.4, 0.5) is 0 Å². The molecule has 4 rings (SSSR count). The number of carbonyl (C=O) groups is 1. The van der Waals surface area contributed by atoms with E-state index in [0.717, 1.165) is 36.3 Å². The number of nitrogens with zero attached hydrogens (tertiary/aromatic N) is 2. The van der Waals surface area contributed by atoms with E-state index in [1.54, 1.807) is 17.3 Å². The Labute approximate surface area is 147 Å². The van der Waals surface area contributed by atoms with Gasteiger partial charge in [-0.3, -0.25) is 9.78 Å². The Morgan fingerprint density at radius 1 is 1.32 bits per heavy atom. The highest BCUT2D eigenvalue weighted by atomic mass is 16.5. The van der Waals surface area contributed by atoms with Crippen molar-refractivity contribution >= 4 is 5.91 Å². The van der Waals surface area contributed by atoms with Gasteiger partial charge < -0.3 is 14.7 Å². The van der Waals surface area contributed by atoms with Crippen LogP contribution in [0.5, 0.6) is 5.75 Å². The number of benzene rings is 1. The molecule has 0 spiro atoms. The zero-order chi connectivity index (χ0) is 17.3. The van der Waals surface area contributed by atoms with Crippen LogP contribution in [0.1, 0.15) is 24.0 Å². The first-order valence-corrected chi connectivity index (χ1v) is 8.73. The average Bonchev–Trinajstić information content (AvgIpc) is 3.32. The first kappa shape index (κ1) is 16.1. The fourth-order valence-corrected chi connectivity index (χ4v) is 3.55. The summed E-state index contributed by atoms with van der Waals surface area (Å²) in [5, 5.41) is 10.2. The minimum atomic E-state index is -0.609. The van der Waals surface area contributed by atoms with Gasteiger partial charge in [0.05, 0.1) is 12.0 Å². The van der Waals surface area contributed by atoms with E-state index in [1.807, 2.05) is 36.4 Å². The fourth-order valence-electron chi connectivity index (χ4n) is 3.55. The molecule has 0 unspecified atom stereocenters. The van der Waals surface area contributed by atoms with Crippen LogP contribution in [-0.2, 0) is 17.8 Å². The van der Waals surface area contributed by atoms with E-state index in [9.17, 15) is 9.90 Å². The quantitative estimate of drug-likeness (QED) is 0.908. The molecule has 25 heavy (non-hydrogen) atoms. The molecule has 1 saturated carbocycles. The van der Waals surface area contributed by atoms with Gasteiger partial charge in [-0.05, 0) is 42.5 Å². The number of β-amino-alcohol motifs (C(OH)–C–C–N with tert-alkyl or cyclic N) is 1. The topological polar surface area (TPSA) is 62.7 Å². The molecule has 1 aliphatic heterocycles. The van der Waals surface area contributed by atoms with E-state index in [2.05, 4.69) is 4.98 Å². The molecular formula is C20H22N2O3. The molecule has 2 atom stereocenters. The van der Waals surface area contributed by atoms with Crippen molar-refractivity contribution in [2.45, 2.75) is 31.5 Å². The van der Waals surface area contributed by atoms with Crippen molar-refractivity contribution in [2.24, 2.45) is 5.92 Å². The molecule has 1 aromatic carbocycles. The average molecular weight is 338 g/mol. The lowest BCUT2D eigenvalue weighted by atomic mass is 10.1. The highest BCUT2D eigenvalue weighted by molar-refractivity contribution is 5.79. The summed E-state index contributed by atoms with van der Waals surface area (Å²) in [6.45, 7) is 1.68. The smallest absolute Gasteiger partial charge is 0.227 e. The Hall–Kier alpha value is -2.40. The number of rotatable bonds is 5. The Balaban J connectivity index is 1.35. The van der Waals surface area contributed by atoms with Gasteiger partial charge in [0, 0.05) is 31.0 Å². The molecule has 1 saturated heterocycles. The lowest BCUT2D eigenvalue weighted by Gasteiger charge is -2.30. The normalized spacial score (nSPS) is 24.5. The zero-order valence-corrected chi connectivity index (χ0v) is 14.1. The van der Waals surface area contributed by atoms with Crippen molar-refractivity contribution in [1.82, 2.24) is 9.88 Å². The summed E-state index contributed by atoms with van der Waals surface area (Å²) >= 11 is 0. The summed E-state index contributed by atoms with van der Waals surface area (Å²) in [6, 6.07) is 11.5. The molecule has 1 amide bonds. The Morgan fingerprint density at radius 3 is 3.00 bits per heavy atom. The van der Waals surface area contributed by atoms with Gasteiger partial charge in [-0.15, -0.1) is 0 Å². The van der Waals surface area contributed by atoms with Crippen LogP contribution in [0.2, 0.25) is 0 Å². The van der Waals surface area contributed by atoms with Gasteiger partial charge in [-0.1, -0.05) is 18.2 Å². The standard InChI is InChI=1S/C20H22N2O3/c23-19(22-8-6-17-11-20(17,24)14-22)10-15-3-1-5-18(9-15)25-13-16-4-2-7-21-12-16/h1-5,7,9,12,17,24H,6,8,10-11,13-14H2/t17-,20+/m1/s1. The molecule has 2 aliphatic rings. The van der Waals surface area contributed by atoms with E-state index < -0.39 is 5.60 Å². The van der Waals surface area contributed by atoms with Crippen LogP contribution in [0.3, 0.4) is 0 Å². The molecular weight excluding hydrogens is 316 g/mol. The predicted octanol–water partition coefficient (Wildman–Crippen LogP) is 2.19. The summed E-state index contributed by atoms with van der Waals surface area (Å²) in [4.78, 5) is 18.4. The number of likely N-dealkylation sites (tertiary alicyclic amines) is 1. The minimum absolute atomic E-state index is 0.0724. The van der Waals surface area contributed by atoms with Crippen molar-refractivity contribution < 1.29 is 14.6 Å². The summed E-state index contributed by atoms with van der Waals surface area (Å²) in [5.41, 5.74) is 1.32. The molecule has 1 N–H and O–H groups in total. The van der Waals surface area contributed by atoms with Crippen LogP contribution in [-0.4, -0.2) is 39.6 Å². The number of hydrogen-bond acceptors (Lipinski definition) is 4. The molecule has 0 radical (unpaired) electrons. The Bertz CT molecular complexity index is 765. The number of pyridine rings is 1. The van der Waals surface area contributed by atoms with Gasteiger partial charge in [-0.2, -0.15) is 0 Å². The lowest BCUT2D eigenvalue weighted by molar-refractivity contribution is -0.134. The monoisotopic (exact) mass is 338 g/mol. The number of fused-ring (bicyclic) bond motifs is 1. The highest BCUT2D eigenvalue weighted by Gasteiger charge is 2.56. The maximum Gasteiger partial charge on any atom is 0.227 e. The highest BCUT2D eigenvalue weighted by Crippen LogP contribution is 2.49. The lowest BCUT2D eigenvalue weighted by Crippen LogP contribution is -2.44. The molecule has 2 heterocycles. The molecule has 1 aliphatic carbocycles. The minimum Gasteiger partial charge on any atom is -0.489 e. The van der Waals surface area contributed by atoms with Gasteiger partial charge in [0.1, 0.15) is 12.4 Å². The van der Waals surface area contributed by atoms with Gasteiger partial charge in [-0.25, -0.2) is 0 Å². The first-order valence-electron chi connectivity index (χ1n) is 8.73. The van der Waals surface area contributed by atoms with Crippen molar-refractivity contribution in [3.05, 3.63) is 59.9 Å². The second-order valence-corrected chi connectivity index (χ2v) is 7.08. The van der Waals surface area contributed by atoms with E-state index in [1.165, 1.54) is 0 Å². The number of aromatic nitrogens is 1. The third-order valence-corrected chi connectivity index (χ3v) is 5.15. The molecule has 2 aromatic rings. The maximum atomic E-state index is 12.5. The zero-order valence-electron chi connectivity index (χ0n) is 14.1. The predicted molar refractivity (Wildman–Crippen MR) is 93.0 cm³/mol. The van der Waals surface area contributed by atoms with Crippen molar-refractivity contribution in [2.75, 3.05) is 13.1 Å². The molecule has 2 fully saturated rings. The SMILES string of the molecule is O=C(Cc1cccc(OCc2cccnc2)c1)N1CC[C@@H]2C[C@]2(O)C1. The van der Waals surface area contributed by atoms with E-state index in [0.29, 0.717) is 25.5 Å². The summed E-state index contributed by atoms with van der Waals surface area (Å²) in [7, 11) is 0. The molecule has 0 bridgehead atoms. The third kappa shape index (κ3) is 3.66. The Kier molecular flexibility index (Phi) is 4.17. The largest absolute Gasteiger partial charge is 0.489 e. The van der Waals surface area contributed by atoms with Crippen LogP contribution < -0.4 is 4.74 Å². The van der Waals surface area contributed by atoms with Crippen LogP contribution in [0, 0.1) is 5.92 Å². The van der Waals surface area contributed by atoms with E-state index >= 15 is 0 Å². The van der Waals surface area contributed by atoms with Crippen LogP contribution in [0.25, 0.3) is 0 Å². The van der Waals surface area contributed by atoms with Gasteiger partial charge >= 0.3 is 0 Å². The number of hydrogen-bond donors (Lipinski definition) is 1. The fraction of sp³-hybridized carbons (Fsp3) is 0.400. The van der Waals surface area contributed by atoms with E-state index in [-0.39, 0.29) is 5.91 Å². The van der Waals surface area contributed by atoms with Crippen LogP contribution in [0.15, 0.2) is 48.8 Å². The number of amides is 1. The van der Waals surface area contributed by atoms with Crippen molar-refractivity contribution in [1.29, 1.82) is 0 Å². The maximum absolute atomic E-state index is 12.5. The first-order chi connectivity index (χ1) is 12.1. The summed E-state index contributed by atoms with van der Waals surface area (Å²) in [5.74, 6) is 1.22. The molecule has 5 heteroatoms. The second-order valence-electron chi connectivity index (χ2n) is 7.08.